The Morgan fingerprint density at radius 1 is 1.50 bits per heavy atom. The van der Waals surface area contributed by atoms with Crippen LogP contribution in [-0.2, 0) is 9.53 Å². The maximum Gasteiger partial charge on any atom is 0.332 e. The number of likely N-dealkylation sites (tertiary alicyclic amines) is 1. The molecule has 0 aliphatic carbocycles. The van der Waals surface area contributed by atoms with E-state index in [1.54, 1.807) is 0 Å². The largest absolute Gasteiger partial charge is 0.467 e. The lowest BCUT2D eigenvalue weighted by Gasteiger charge is -2.28. The molecule has 18 heavy (non-hydrogen) atoms. The van der Waals surface area contributed by atoms with Crippen molar-refractivity contribution in [2.24, 2.45) is 0 Å². The lowest BCUT2D eigenvalue weighted by atomic mass is 9.98. The zero-order chi connectivity index (χ0) is 13.2. The zero-order valence-electron chi connectivity index (χ0n) is 11.2. The lowest BCUT2D eigenvalue weighted by molar-refractivity contribution is -0.145. The summed E-state index contributed by atoms with van der Waals surface area (Å²) in [6.45, 7) is 3.61. The van der Waals surface area contributed by atoms with Crippen molar-refractivity contribution in [3.05, 3.63) is 29.8 Å². The van der Waals surface area contributed by atoms with Gasteiger partial charge in [0.15, 0.2) is 0 Å². The number of aryl methyl sites for hydroxylation is 1. The zero-order valence-corrected chi connectivity index (χ0v) is 11.2. The van der Waals surface area contributed by atoms with Gasteiger partial charge < -0.3 is 15.0 Å². The normalized spacial score (nSPS) is 23.9. The summed E-state index contributed by atoms with van der Waals surface area (Å²) < 4.78 is 4.96. The maximum absolute atomic E-state index is 12.1. The fourth-order valence-electron chi connectivity index (χ4n) is 2.51. The predicted octanol–water partition coefficient (Wildman–Crippen LogP) is 1.65. The Morgan fingerprint density at radius 3 is 2.83 bits per heavy atom. The van der Waals surface area contributed by atoms with Crippen molar-refractivity contribution >= 4 is 11.7 Å². The summed E-state index contributed by atoms with van der Waals surface area (Å²) in [6, 6.07) is 8.05. The number of ether oxygens (including phenoxy) is 1. The number of carbonyl (C=O) groups is 1. The van der Waals surface area contributed by atoms with Gasteiger partial charge in [0.05, 0.1) is 7.11 Å². The van der Waals surface area contributed by atoms with Crippen LogP contribution in [0, 0.1) is 6.92 Å². The first-order valence-corrected chi connectivity index (χ1v) is 6.17. The number of anilines is 1. The van der Waals surface area contributed by atoms with Crippen molar-refractivity contribution in [2.75, 3.05) is 32.6 Å². The Bertz CT molecular complexity index is 447. The quantitative estimate of drug-likeness (QED) is 0.826. The number of carbonyl (C=O) groups excluding carboxylic acids is 1. The van der Waals surface area contributed by atoms with E-state index in [-0.39, 0.29) is 5.97 Å². The molecule has 0 spiro atoms. The topological polar surface area (TPSA) is 41.6 Å². The molecule has 4 heteroatoms. The number of methoxy groups -OCH3 is 1. The molecule has 1 aromatic rings. The number of nitrogens with zero attached hydrogens (tertiary/aromatic N) is 1. The van der Waals surface area contributed by atoms with Crippen molar-refractivity contribution < 1.29 is 9.53 Å². The molecule has 98 valence electrons. The average molecular weight is 248 g/mol. The first-order valence-electron chi connectivity index (χ1n) is 6.17. The minimum atomic E-state index is -0.614. The minimum Gasteiger partial charge on any atom is -0.467 e. The van der Waals surface area contributed by atoms with Gasteiger partial charge in [-0.2, -0.15) is 0 Å². The minimum absolute atomic E-state index is 0.187. The fraction of sp³-hybridized carbons (Fsp3) is 0.500. The van der Waals surface area contributed by atoms with Crippen molar-refractivity contribution in [1.82, 2.24) is 4.90 Å². The number of esters is 1. The highest BCUT2D eigenvalue weighted by Crippen LogP contribution is 2.27. The summed E-state index contributed by atoms with van der Waals surface area (Å²) in [5.41, 5.74) is 1.53. The number of rotatable bonds is 3. The molecule has 1 aliphatic heterocycles. The Balaban J connectivity index is 2.23. The van der Waals surface area contributed by atoms with Gasteiger partial charge in [-0.05, 0) is 38.1 Å². The number of nitrogens with one attached hydrogen (secondary N) is 1. The van der Waals surface area contributed by atoms with Gasteiger partial charge in [-0.25, -0.2) is 4.79 Å². The van der Waals surface area contributed by atoms with E-state index < -0.39 is 5.54 Å². The highest BCUT2D eigenvalue weighted by Gasteiger charge is 2.44. The van der Waals surface area contributed by atoms with E-state index in [1.165, 1.54) is 12.7 Å². The van der Waals surface area contributed by atoms with Crippen LogP contribution < -0.4 is 5.32 Å². The molecule has 1 unspecified atom stereocenters. The predicted molar refractivity (Wildman–Crippen MR) is 71.7 cm³/mol. The third kappa shape index (κ3) is 2.48. The van der Waals surface area contributed by atoms with Crippen molar-refractivity contribution in [3.8, 4) is 0 Å². The molecule has 1 aliphatic rings. The summed E-state index contributed by atoms with van der Waals surface area (Å²) >= 11 is 0. The molecule has 0 amide bonds. The Hall–Kier alpha value is -1.55. The molecule has 1 saturated heterocycles. The lowest BCUT2D eigenvalue weighted by Crippen LogP contribution is -2.49. The molecular formula is C14H20N2O2. The fourth-order valence-corrected chi connectivity index (χ4v) is 2.51. The van der Waals surface area contributed by atoms with Gasteiger partial charge in [-0.1, -0.05) is 12.1 Å². The number of benzene rings is 1. The van der Waals surface area contributed by atoms with Gasteiger partial charge in [0.1, 0.15) is 5.54 Å². The standard InChI is InChI=1S/C14H20N2O2/c1-11-5-4-6-12(9-11)15-14(13(17)18-3)7-8-16(2)10-14/h4-6,9,15H,7-8,10H2,1-3H3. The summed E-state index contributed by atoms with van der Waals surface area (Å²) in [6.07, 6.45) is 0.768. The van der Waals surface area contributed by atoms with Gasteiger partial charge in [0.2, 0.25) is 0 Å². The molecule has 1 heterocycles. The van der Waals surface area contributed by atoms with Crippen LogP contribution in [0.25, 0.3) is 0 Å². The molecule has 4 nitrogen and oxygen atoms in total. The van der Waals surface area contributed by atoms with Gasteiger partial charge in [-0.3, -0.25) is 0 Å². The molecular weight excluding hydrogens is 228 g/mol. The molecule has 0 bridgehead atoms. The van der Waals surface area contributed by atoms with Crippen molar-refractivity contribution in [3.63, 3.8) is 0 Å². The van der Waals surface area contributed by atoms with E-state index in [0.29, 0.717) is 6.54 Å². The van der Waals surface area contributed by atoms with E-state index in [2.05, 4.69) is 10.2 Å². The number of likely N-dealkylation sites (N-methyl/N-ethyl adjacent to an activating group) is 1. The monoisotopic (exact) mass is 248 g/mol. The molecule has 1 fully saturated rings. The molecule has 0 radical (unpaired) electrons. The molecule has 1 N–H and O–H groups in total. The smallest absolute Gasteiger partial charge is 0.332 e. The van der Waals surface area contributed by atoms with Crippen LogP contribution in [0.2, 0.25) is 0 Å². The van der Waals surface area contributed by atoms with Crippen LogP contribution in [-0.4, -0.2) is 43.7 Å². The van der Waals surface area contributed by atoms with E-state index in [4.69, 9.17) is 4.74 Å². The second-order valence-corrected chi connectivity index (χ2v) is 5.06. The Morgan fingerprint density at radius 2 is 2.28 bits per heavy atom. The van der Waals surface area contributed by atoms with E-state index in [1.807, 2.05) is 38.2 Å². The van der Waals surface area contributed by atoms with Crippen LogP contribution in [0.5, 0.6) is 0 Å². The maximum atomic E-state index is 12.1. The highest BCUT2D eigenvalue weighted by atomic mass is 16.5. The molecule has 0 aromatic heterocycles. The molecule has 1 atom stereocenters. The Labute approximate surface area is 108 Å². The summed E-state index contributed by atoms with van der Waals surface area (Å²) in [7, 11) is 3.46. The third-order valence-corrected chi connectivity index (χ3v) is 3.44. The van der Waals surface area contributed by atoms with E-state index >= 15 is 0 Å². The third-order valence-electron chi connectivity index (χ3n) is 3.44. The van der Waals surface area contributed by atoms with Gasteiger partial charge in [-0.15, -0.1) is 0 Å². The Kier molecular flexibility index (Phi) is 3.57. The highest BCUT2D eigenvalue weighted by molar-refractivity contribution is 5.85. The van der Waals surface area contributed by atoms with E-state index in [9.17, 15) is 4.79 Å². The summed E-state index contributed by atoms with van der Waals surface area (Å²) in [4.78, 5) is 14.2. The van der Waals surface area contributed by atoms with Gasteiger partial charge >= 0.3 is 5.97 Å². The number of hydrogen-bond donors (Lipinski definition) is 1. The molecule has 1 aromatic carbocycles. The van der Waals surface area contributed by atoms with E-state index in [0.717, 1.165) is 18.7 Å². The van der Waals surface area contributed by atoms with Gasteiger partial charge in [0.25, 0.3) is 0 Å². The van der Waals surface area contributed by atoms with Crippen LogP contribution >= 0.6 is 0 Å². The average Bonchev–Trinajstić information content (AvgIpc) is 2.71. The van der Waals surface area contributed by atoms with Crippen LogP contribution in [0.3, 0.4) is 0 Å². The summed E-state index contributed by atoms with van der Waals surface area (Å²) in [5.74, 6) is -0.187. The molecule has 2 rings (SSSR count). The first kappa shape index (κ1) is 12.9. The second kappa shape index (κ2) is 4.98. The van der Waals surface area contributed by atoms with Crippen LogP contribution in [0.4, 0.5) is 5.69 Å². The second-order valence-electron chi connectivity index (χ2n) is 5.06. The van der Waals surface area contributed by atoms with Crippen molar-refractivity contribution in [2.45, 2.75) is 18.9 Å². The molecule has 0 saturated carbocycles. The van der Waals surface area contributed by atoms with Crippen LogP contribution in [0.15, 0.2) is 24.3 Å². The number of hydrogen-bond acceptors (Lipinski definition) is 4. The first-order chi connectivity index (χ1) is 8.55. The van der Waals surface area contributed by atoms with Crippen molar-refractivity contribution in [1.29, 1.82) is 0 Å². The van der Waals surface area contributed by atoms with Crippen LogP contribution in [0.1, 0.15) is 12.0 Å². The SMILES string of the molecule is COC(=O)C1(Nc2cccc(C)c2)CCN(C)C1. The summed E-state index contributed by atoms with van der Waals surface area (Å²) in [5, 5.41) is 3.36. The van der Waals surface area contributed by atoms with Gasteiger partial charge in [0, 0.05) is 18.8 Å².